The van der Waals surface area contributed by atoms with Crippen LogP contribution in [0.15, 0.2) is 27.3 Å². The maximum Gasteiger partial charge on any atom is 0.307 e. The third kappa shape index (κ3) is 1.45. The quantitative estimate of drug-likeness (QED) is 0.895. The van der Waals surface area contributed by atoms with Gasteiger partial charge in [-0.15, -0.1) is 0 Å². The number of carbonyl (C=O) groups is 1. The fourth-order valence-electron chi connectivity index (χ4n) is 2.43. The zero-order chi connectivity index (χ0) is 12.9. The topological polar surface area (TPSA) is 89.4 Å². The molecule has 94 valence electrons. The SMILES string of the molecule is CC1(C)C(C(=O)O)C1c1nc(-c2ccco2)no1. The van der Waals surface area contributed by atoms with E-state index in [9.17, 15) is 4.79 Å². The first kappa shape index (κ1) is 11.0. The summed E-state index contributed by atoms with van der Waals surface area (Å²) < 4.78 is 10.3. The summed E-state index contributed by atoms with van der Waals surface area (Å²) in [7, 11) is 0. The number of hydrogen-bond acceptors (Lipinski definition) is 5. The summed E-state index contributed by atoms with van der Waals surface area (Å²) in [6.07, 6.45) is 1.52. The van der Waals surface area contributed by atoms with Crippen molar-refractivity contribution in [3.63, 3.8) is 0 Å². The van der Waals surface area contributed by atoms with Gasteiger partial charge in [0.25, 0.3) is 0 Å². The predicted octanol–water partition coefficient (Wildman–Crippen LogP) is 2.15. The zero-order valence-electron chi connectivity index (χ0n) is 9.95. The van der Waals surface area contributed by atoms with Gasteiger partial charge in [0.15, 0.2) is 5.76 Å². The molecule has 2 atom stereocenters. The molecule has 2 aromatic heterocycles. The first-order valence-electron chi connectivity index (χ1n) is 5.62. The van der Waals surface area contributed by atoms with E-state index in [-0.39, 0.29) is 11.3 Å². The molecule has 0 spiro atoms. The summed E-state index contributed by atoms with van der Waals surface area (Å²) in [6.45, 7) is 3.76. The molecule has 2 unspecified atom stereocenters. The number of carboxylic acids is 1. The van der Waals surface area contributed by atoms with E-state index in [1.54, 1.807) is 12.1 Å². The van der Waals surface area contributed by atoms with Crippen molar-refractivity contribution >= 4 is 5.97 Å². The first-order valence-corrected chi connectivity index (χ1v) is 5.62. The lowest BCUT2D eigenvalue weighted by molar-refractivity contribution is -0.139. The molecule has 1 saturated carbocycles. The van der Waals surface area contributed by atoms with Crippen LogP contribution in [0.4, 0.5) is 0 Å². The summed E-state index contributed by atoms with van der Waals surface area (Å²) in [6, 6.07) is 3.45. The second-order valence-corrected chi connectivity index (χ2v) is 5.05. The van der Waals surface area contributed by atoms with E-state index in [0.29, 0.717) is 17.5 Å². The van der Waals surface area contributed by atoms with Crippen LogP contribution in [0.2, 0.25) is 0 Å². The van der Waals surface area contributed by atoms with Gasteiger partial charge in [-0.2, -0.15) is 4.98 Å². The van der Waals surface area contributed by atoms with Gasteiger partial charge in [-0.05, 0) is 17.5 Å². The average molecular weight is 248 g/mol. The Morgan fingerprint density at radius 1 is 1.50 bits per heavy atom. The van der Waals surface area contributed by atoms with Gasteiger partial charge in [0, 0.05) is 0 Å². The standard InChI is InChI=1S/C12H12N2O4/c1-12(2)7(8(12)11(15)16)10-13-9(14-18-10)6-4-3-5-17-6/h3-5,7-8H,1-2H3,(H,15,16). The molecule has 2 aromatic rings. The molecule has 3 rings (SSSR count). The zero-order valence-corrected chi connectivity index (χ0v) is 9.95. The number of aromatic nitrogens is 2. The highest BCUT2D eigenvalue weighted by molar-refractivity contribution is 5.77. The number of furan rings is 1. The maximum absolute atomic E-state index is 11.1. The van der Waals surface area contributed by atoms with Crippen molar-refractivity contribution < 1.29 is 18.8 Å². The molecule has 2 heterocycles. The van der Waals surface area contributed by atoms with Gasteiger partial charge in [-0.1, -0.05) is 19.0 Å². The molecule has 1 N–H and O–H groups in total. The number of aliphatic carboxylic acids is 1. The van der Waals surface area contributed by atoms with Gasteiger partial charge in [0.2, 0.25) is 11.7 Å². The molecule has 0 radical (unpaired) electrons. The molecule has 0 aliphatic heterocycles. The van der Waals surface area contributed by atoms with Gasteiger partial charge in [0.05, 0.1) is 18.1 Å². The third-order valence-electron chi connectivity index (χ3n) is 3.54. The molecule has 6 heteroatoms. The van der Waals surface area contributed by atoms with E-state index in [1.165, 1.54) is 6.26 Å². The Labute approximate surface area is 103 Å². The smallest absolute Gasteiger partial charge is 0.307 e. The molecule has 0 aromatic carbocycles. The van der Waals surface area contributed by atoms with Crippen molar-refractivity contribution in [2.24, 2.45) is 11.3 Å². The number of hydrogen-bond donors (Lipinski definition) is 1. The van der Waals surface area contributed by atoms with E-state index >= 15 is 0 Å². The van der Waals surface area contributed by atoms with Gasteiger partial charge in [-0.25, -0.2) is 0 Å². The van der Waals surface area contributed by atoms with Crippen LogP contribution >= 0.6 is 0 Å². The van der Waals surface area contributed by atoms with Gasteiger partial charge in [-0.3, -0.25) is 4.79 Å². The van der Waals surface area contributed by atoms with Gasteiger partial charge >= 0.3 is 5.97 Å². The Morgan fingerprint density at radius 2 is 2.28 bits per heavy atom. The Bertz CT molecular complexity index is 585. The van der Waals surface area contributed by atoms with E-state index in [0.717, 1.165) is 0 Å². The van der Waals surface area contributed by atoms with E-state index < -0.39 is 11.9 Å². The second-order valence-electron chi connectivity index (χ2n) is 5.05. The van der Waals surface area contributed by atoms with Crippen LogP contribution in [0, 0.1) is 11.3 Å². The summed E-state index contributed by atoms with van der Waals surface area (Å²) in [5.41, 5.74) is -0.348. The third-order valence-corrected chi connectivity index (χ3v) is 3.54. The number of carboxylic acid groups (broad SMARTS) is 1. The number of nitrogens with zero attached hydrogens (tertiary/aromatic N) is 2. The molecular weight excluding hydrogens is 236 g/mol. The van der Waals surface area contributed by atoms with Crippen LogP contribution in [0.1, 0.15) is 25.7 Å². The largest absolute Gasteiger partial charge is 0.481 e. The fourth-order valence-corrected chi connectivity index (χ4v) is 2.43. The van der Waals surface area contributed by atoms with Crippen LogP contribution in [0.3, 0.4) is 0 Å². The minimum Gasteiger partial charge on any atom is -0.481 e. The lowest BCUT2D eigenvalue weighted by atomic mass is 10.1. The highest BCUT2D eigenvalue weighted by atomic mass is 16.5. The lowest BCUT2D eigenvalue weighted by Crippen LogP contribution is -2.03. The van der Waals surface area contributed by atoms with Crippen molar-refractivity contribution in [2.75, 3.05) is 0 Å². The van der Waals surface area contributed by atoms with Crippen LogP contribution < -0.4 is 0 Å². The minimum atomic E-state index is -0.831. The highest BCUT2D eigenvalue weighted by Gasteiger charge is 2.65. The molecule has 0 saturated heterocycles. The Morgan fingerprint density at radius 3 is 2.83 bits per heavy atom. The number of rotatable bonds is 3. The molecule has 1 aliphatic carbocycles. The molecule has 0 bridgehead atoms. The fraction of sp³-hybridized carbons (Fsp3) is 0.417. The molecule has 0 amide bonds. The van der Waals surface area contributed by atoms with E-state index in [2.05, 4.69) is 10.1 Å². The van der Waals surface area contributed by atoms with Crippen LogP contribution in [-0.2, 0) is 4.79 Å². The molecule has 1 aliphatic rings. The minimum absolute atomic E-state index is 0.230. The van der Waals surface area contributed by atoms with Crippen molar-refractivity contribution in [3.05, 3.63) is 24.3 Å². The van der Waals surface area contributed by atoms with Crippen molar-refractivity contribution in [2.45, 2.75) is 19.8 Å². The normalized spacial score (nSPS) is 25.0. The van der Waals surface area contributed by atoms with E-state index in [1.807, 2.05) is 13.8 Å². The van der Waals surface area contributed by atoms with Crippen molar-refractivity contribution in [1.82, 2.24) is 10.1 Å². The monoisotopic (exact) mass is 248 g/mol. The second kappa shape index (κ2) is 3.44. The Kier molecular flexibility index (Phi) is 2.10. The van der Waals surface area contributed by atoms with Crippen LogP contribution in [0.5, 0.6) is 0 Å². The summed E-state index contributed by atoms with van der Waals surface area (Å²) >= 11 is 0. The highest BCUT2D eigenvalue weighted by Crippen LogP contribution is 2.64. The lowest BCUT2D eigenvalue weighted by Gasteiger charge is -1.96. The predicted molar refractivity (Wildman–Crippen MR) is 59.6 cm³/mol. The summed E-state index contributed by atoms with van der Waals surface area (Å²) in [5, 5.41) is 12.9. The molecular formula is C12H12N2O4. The molecule has 6 nitrogen and oxygen atoms in total. The summed E-state index contributed by atoms with van der Waals surface area (Å²) in [4.78, 5) is 15.3. The summed E-state index contributed by atoms with van der Waals surface area (Å²) in [5.74, 6) is -0.313. The van der Waals surface area contributed by atoms with Crippen LogP contribution in [-0.4, -0.2) is 21.2 Å². The van der Waals surface area contributed by atoms with Crippen molar-refractivity contribution in [3.8, 4) is 11.6 Å². The molecule has 1 fully saturated rings. The Hall–Kier alpha value is -2.11. The Balaban J connectivity index is 1.90. The van der Waals surface area contributed by atoms with E-state index in [4.69, 9.17) is 14.0 Å². The van der Waals surface area contributed by atoms with Gasteiger partial charge < -0.3 is 14.0 Å². The molecule has 18 heavy (non-hydrogen) atoms. The van der Waals surface area contributed by atoms with Crippen LogP contribution in [0.25, 0.3) is 11.6 Å². The average Bonchev–Trinajstić information content (AvgIpc) is 2.80. The van der Waals surface area contributed by atoms with Crippen molar-refractivity contribution in [1.29, 1.82) is 0 Å². The first-order chi connectivity index (χ1) is 8.51. The van der Waals surface area contributed by atoms with Gasteiger partial charge in [0.1, 0.15) is 0 Å². The maximum atomic E-state index is 11.1.